The lowest BCUT2D eigenvalue weighted by atomic mass is 10.1. The molecule has 0 spiro atoms. The van der Waals surface area contributed by atoms with Crippen LogP contribution in [0.2, 0.25) is 10.0 Å². The minimum atomic E-state index is -4.18. The largest absolute Gasteiger partial charge is 0.354 e. The molecule has 0 aliphatic rings. The van der Waals surface area contributed by atoms with Crippen LogP contribution in [0.4, 0.5) is 5.69 Å². The van der Waals surface area contributed by atoms with Crippen LogP contribution in [0.25, 0.3) is 0 Å². The molecule has 0 radical (unpaired) electrons. The van der Waals surface area contributed by atoms with E-state index in [9.17, 15) is 18.0 Å². The van der Waals surface area contributed by atoms with Gasteiger partial charge in [0.25, 0.3) is 10.0 Å². The quantitative estimate of drug-likeness (QED) is 0.308. The summed E-state index contributed by atoms with van der Waals surface area (Å²) in [6.07, 6.45) is 1.06. The summed E-state index contributed by atoms with van der Waals surface area (Å²) in [4.78, 5) is 28.5. The van der Waals surface area contributed by atoms with E-state index in [1.54, 1.807) is 73.7 Å². The van der Waals surface area contributed by atoms with Gasteiger partial charge in [0.05, 0.1) is 15.6 Å². The molecule has 2 amide bonds. The van der Waals surface area contributed by atoms with Crippen LogP contribution in [0.1, 0.15) is 32.3 Å². The minimum Gasteiger partial charge on any atom is -0.354 e. The van der Waals surface area contributed by atoms with Crippen LogP contribution >= 0.6 is 23.2 Å². The van der Waals surface area contributed by atoms with Gasteiger partial charge in [-0.05, 0) is 48.7 Å². The smallest absolute Gasteiger partial charge is 0.264 e. The maximum atomic E-state index is 14.0. The first-order valence-electron chi connectivity index (χ1n) is 12.3. The third-order valence-corrected chi connectivity index (χ3v) is 8.43. The number of benzene rings is 3. The Morgan fingerprint density at radius 2 is 1.47 bits per heavy atom. The molecular weight excluding hydrogens is 545 g/mol. The topological polar surface area (TPSA) is 86.8 Å². The molecule has 38 heavy (non-hydrogen) atoms. The van der Waals surface area contributed by atoms with Crippen molar-refractivity contribution in [3.05, 3.63) is 94.5 Å². The first kappa shape index (κ1) is 29.5. The second-order valence-corrected chi connectivity index (χ2v) is 11.3. The van der Waals surface area contributed by atoms with Gasteiger partial charge in [0.2, 0.25) is 11.8 Å². The van der Waals surface area contributed by atoms with E-state index in [2.05, 4.69) is 5.32 Å². The fourth-order valence-corrected chi connectivity index (χ4v) is 5.92. The van der Waals surface area contributed by atoms with Gasteiger partial charge >= 0.3 is 0 Å². The number of nitrogens with zero attached hydrogens (tertiary/aromatic N) is 2. The number of nitrogens with one attached hydrogen (secondary N) is 1. The molecule has 1 N–H and O–H groups in total. The highest BCUT2D eigenvalue weighted by Gasteiger charge is 2.34. The maximum absolute atomic E-state index is 14.0. The lowest BCUT2D eigenvalue weighted by molar-refractivity contribution is -0.140. The van der Waals surface area contributed by atoms with Crippen LogP contribution in [-0.4, -0.2) is 44.3 Å². The number of para-hydroxylation sites is 1. The number of carbonyl (C=O) groups excluding carboxylic acids is 2. The third-order valence-electron chi connectivity index (χ3n) is 5.96. The second-order valence-electron chi connectivity index (χ2n) is 8.60. The molecule has 1 atom stereocenters. The summed E-state index contributed by atoms with van der Waals surface area (Å²) >= 11 is 12.8. The van der Waals surface area contributed by atoms with Crippen LogP contribution in [0.15, 0.2) is 83.8 Å². The Bertz CT molecular complexity index is 1350. The summed E-state index contributed by atoms with van der Waals surface area (Å²) in [5.41, 5.74) is 0.798. The van der Waals surface area contributed by atoms with Crippen molar-refractivity contribution in [2.45, 2.75) is 44.2 Å². The van der Waals surface area contributed by atoms with Crippen molar-refractivity contribution in [2.75, 3.05) is 17.4 Å². The summed E-state index contributed by atoms with van der Waals surface area (Å²) in [6, 6.07) is 20.5. The predicted octanol–water partition coefficient (Wildman–Crippen LogP) is 5.52. The molecule has 0 fully saturated rings. The van der Waals surface area contributed by atoms with E-state index < -0.39 is 28.5 Å². The zero-order valence-electron chi connectivity index (χ0n) is 21.3. The van der Waals surface area contributed by atoms with Crippen LogP contribution in [0, 0.1) is 0 Å². The van der Waals surface area contributed by atoms with Crippen LogP contribution in [0.3, 0.4) is 0 Å². The van der Waals surface area contributed by atoms with Gasteiger partial charge in [-0.1, -0.05) is 85.6 Å². The molecule has 0 heterocycles. The van der Waals surface area contributed by atoms with E-state index in [0.29, 0.717) is 23.6 Å². The summed E-state index contributed by atoms with van der Waals surface area (Å²) in [5.74, 6) is -0.882. The SMILES string of the molecule is CCCNC(=O)[C@H](CC)N(Cc1ccccc1Cl)C(=O)CN(c1ccccc1Cl)S(=O)(=O)c1ccccc1. The number of sulfonamides is 1. The van der Waals surface area contributed by atoms with E-state index in [1.807, 2.05) is 6.92 Å². The average Bonchev–Trinajstić information content (AvgIpc) is 2.92. The molecule has 3 aromatic rings. The lowest BCUT2D eigenvalue weighted by Crippen LogP contribution is -2.52. The summed E-state index contributed by atoms with van der Waals surface area (Å²) in [5, 5.41) is 3.46. The zero-order chi connectivity index (χ0) is 27.7. The van der Waals surface area contributed by atoms with Gasteiger partial charge in [0.1, 0.15) is 12.6 Å². The van der Waals surface area contributed by atoms with E-state index in [-0.39, 0.29) is 28.1 Å². The van der Waals surface area contributed by atoms with Gasteiger partial charge in [-0.15, -0.1) is 0 Å². The highest BCUT2D eigenvalue weighted by molar-refractivity contribution is 7.92. The molecule has 0 aliphatic carbocycles. The van der Waals surface area contributed by atoms with Crippen LogP contribution in [-0.2, 0) is 26.2 Å². The van der Waals surface area contributed by atoms with Crippen molar-refractivity contribution in [3.63, 3.8) is 0 Å². The molecule has 10 heteroatoms. The fraction of sp³-hybridized carbons (Fsp3) is 0.286. The van der Waals surface area contributed by atoms with E-state index >= 15 is 0 Å². The van der Waals surface area contributed by atoms with Gasteiger partial charge in [-0.3, -0.25) is 13.9 Å². The maximum Gasteiger partial charge on any atom is 0.264 e. The van der Waals surface area contributed by atoms with Gasteiger partial charge in [0, 0.05) is 18.1 Å². The molecule has 0 aromatic heterocycles. The van der Waals surface area contributed by atoms with E-state index in [0.717, 1.165) is 10.7 Å². The standard InChI is InChI=1S/C28H31Cl2N3O4S/c1-3-18-31-28(35)25(4-2)32(19-21-12-8-9-15-23(21)29)27(34)20-33(26-17-11-10-16-24(26)30)38(36,37)22-13-6-5-7-14-22/h5-17,25H,3-4,18-20H2,1-2H3,(H,31,35)/t25-/m0/s1. The molecule has 7 nitrogen and oxygen atoms in total. The van der Waals surface area contributed by atoms with Gasteiger partial charge in [-0.25, -0.2) is 8.42 Å². The molecule has 0 saturated carbocycles. The van der Waals surface area contributed by atoms with Crippen molar-refractivity contribution in [3.8, 4) is 0 Å². The summed E-state index contributed by atoms with van der Waals surface area (Å²) in [6.45, 7) is 3.65. The molecule has 0 bridgehead atoms. The number of carbonyl (C=O) groups is 2. The predicted molar refractivity (Wildman–Crippen MR) is 152 cm³/mol. The monoisotopic (exact) mass is 575 g/mol. The first-order valence-corrected chi connectivity index (χ1v) is 14.5. The highest BCUT2D eigenvalue weighted by atomic mass is 35.5. The molecule has 3 aromatic carbocycles. The Hall–Kier alpha value is -3.07. The Labute approximate surface area is 234 Å². The summed E-state index contributed by atoms with van der Waals surface area (Å²) in [7, 11) is -4.18. The first-order chi connectivity index (χ1) is 18.2. The van der Waals surface area contributed by atoms with Crippen LogP contribution < -0.4 is 9.62 Å². The molecule has 202 valence electrons. The van der Waals surface area contributed by atoms with Crippen molar-refractivity contribution in [2.24, 2.45) is 0 Å². The molecular formula is C28H31Cl2N3O4S. The molecule has 3 rings (SSSR count). The summed E-state index contributed by atoms with van der Waals surface area (Å²) < 4.78 is 28.5. The lowest BCUT2D eigenvalue weighted by Gasteiger charge is -2.33. The average molecular weight is 577 g/mol. The van der Waals surface area contributed by atoms with E-state index in [1.165, 1.54) is 17.0 Å². The third kappa shape index (κ3) is 7.07. The number of anilines is 1. The van der Waals surface area contributed by atoms with Gasteiger partial charge in [-0.2, -0.15) is 0 Å². The molecule has 0 aliphatic heterocycles. The number of rotatable bonds is 12. The van der Waals surface area contributed by atoms with Crippen molar-refractivity contribution in [1.29, 1.82) is 0 Å². The normalized spacial score (nSPS) is 12.0. The number of amides is 2. The van der Waals surface area contributed by atoms with Crippen LogP contribution in [0.5, 0.6) is 0 Å². The zero-order valence-corrected chi connectivity index (χ0v) is 23.6. The Kier molecular flexibility index (Phi) is 10.6. The fourth-order valence-electron chi connectivity index (χ4n) is 3.98. The van der Waals surface area contributed by atoms with E-state index in [4.69, 9.17) is 23.2 Å². The number of hydrogen-bond donors (Lipinski definition) is 1. The second kappa shape index (κ2) is 13.6. The Morgan fingerprint density at radius 3 is 2.08 bits per heavy atom. The van der Waals surface area contributed by atoms with Crippen molar-refractivity contribution in [1.82, 2.24) is 10.2 Å². The van der Waals surface area contributed by atoms with Gasteiger partial charge < -0.3 is 10.2 Å². The van der Waals surface area contributed by atoms with Crippen molar-refractivity contribution < 1.29 is 18.0 Å². The number of halogens is 2. The Balaban J connectivity index is 2.06. The Morgan fingerprint density at radius 1 is 0.868 bits per heavy atom. The molecule has 0 unspecified atom stereocenters. The number of hydrogen-bond acceptors (Lipinski definition) is 4. The minimum absolute atomic E-state index is 0.0121. The molecule has 0 saturated heterocycles. The van der Waals surface area contributed by atoms with Gasteiger partial charge in [0.15, 0.2) is 0 Å². The van der Waals surface area contributed by atoms with Crippen molar-refractivity contribution >= 4 is 50.7 Å². The highest BCUT2D eigenvalue weighted by Crippen LogP contribution is 2.31.